The highest BCUT2D eigenvalue weighted by atomic mass is 16.5. The van der Waals surface area contributed by atoms with E-state index in [1.54, 1.807) is 0 Å². The Kier molecular flexibility index (Phi) is 6.30. The molecule has 4 nitrogen and oxygen atoms in total. The number of likely N-dealkylation sites (N-methyl/N-ethyl adjacent to an activating group) is 1. The van der Waals surface area contributed by atoms with E-state index in [2.05, 4.69) is 53.1 Å². The third kappa shape index (κ3) is 3.92. The lowest BCUT2D eigenvalue weighted by molar-refractivity contribution is -0.118. The second kappa shape index (κ2) is 8.68. The van der Waals surface area contributed by atoms with Crippen LogP contribution in [0.15, 0.2) is 54.6 Å². The summed E-state index contributed by atoms with van der Waals surface area (Å²) in [7, 11) is 3.99. The monoisotopic (exact) mass is 366 g/mol. The van der Waals surface area contributed by atoms with Gasteiger partial charge < -0.3 is 14.4 Å². The summed E-state index contributed by atoms with van der Waals surface area (Å²) in [5.74, 6) is -0.0186. The van der Waals surface area contributed by atoms with Crippen LogP contribution in [0.5, 0.6) is 0 Å². The van der Waals surface area contributed by atoms with Gasteiger partial charge in [0.15, 0.2) is 0 Å². The van der Waals surface area contributed by atoms with E-state index in [0.717, 1.165) is 39.0 Å². The fourth-order valence-corrected chi connectivity index (χ4v) is 4.15. The van der Waals surface area contributed by atoms with Crippen molar-refractivity contribution in [1.29, 1.82) is 0 Å². The highest BCUT2D eigenvalue weighted by Crippen LogP contribution is 2.39. The maximum absolute atomic E-state index is 12.3. The molecule has 4 heteroatoms. The number of carbonyl (C=O) groups is 1. The molecule has 144 valence electrons. The van der Waals surface area contributed by atoms with E-state index in [1.807, 2.05) is 32.3 Å². The molecule has 1 fully saturated rings. The summed E-state index contributed by atoms with van der Waals surface area (Å²) >= 11 is 0. The molecule has 1 heterocycles. The lowest BCUT2D eigenvalue weighted by atomic mass is 9.73. The molecule has 2 unspecified atom stereocenters. The summed E-state index contributed by atoms with van der Waals surface area (Å²) in [6.45, 7) is 5.49. The van der Waals surface area contributed by atoms with Gasteiger partial charge in [0, 0.05) is 24.7 Å². The predicted molar refractivity (Wildman–Crippen MR) is 111 cm³/mol. The van der Waals surface area contributed by atoms with Crippen molar-refractivity contribution in [1.82, 2.24) is 4.90 Å². The Morgan fingerprint density at radius 2 is 1.63 bits per heavy atom. The van der Waals surface area contributed by atoms with Crippen LogP contribution >= 0.6 is 0 Å². The first-order valence-corrected chi connectivity index (χ1v) is 9.73. The van der Waals surface area contributed by atoms with E-state index >= 15 is 0 Å². The van der Waals surface area contributed by atoms with E-state index < -0.39 is 5.54 Å². The number of rotatable bonds is 7. The fourth-order valence-electron chi connectivity index (χ4n) is 4.15. The van der Waals surface area contributed by atoms with E-state index in [-0.39, 0.29) is 5.92 Å². The summed E-state index contributed by atoms with van der Waals surface area (Å²) in [6, 6.07) is 19.1. The van der Waals surface area contributed by atoms with E-state index in [1.165, 1.54) is 16.8 Å². The molecule has 0 aromatic heterocycles. The minimum atomic E-state index is -0.582. The quantitative estimate of drug-likeness (QED) is 0.702. The number of benzene rings is 2. The average Bonchev–Trinajstić information content (AvgIpc) is 2.73. The number of hydrogen-bond donors (Lipinski definition) is 0. The maximum Gasteiger partial charge on any atom is 0.141 e. The molecule has 2 aromatic rings. The molecule has 0 spiro atoms. The molecule has 0 saturated carbocycles. The number of carbonyl (C=O) groups excluding carboxylic acids is 1. The molecule has 1 aliphatic heterocycles. The first-order valence-electron chi connectivity index (χ1n) is 9.73. The Morgan fingerprint density at radius 1 is 1.04 bits per heavy atom. The maximum atomic E-state index is 12.3. The van der Waals surface area contributed by atoms with Gasteiger partial charge >= 0.3 is 0 Å². The van der Waals surface area contributed by atoms with Crippen LogP contribution in [0.4, 0.5) is 5.69 Å². The highest BCUT2D eigenvalue weighted by Gasteiger charge is 2.41. The largest absolute Gasteiger partial charge is 0.378 e. The number of anilines is 1. The molecule has 3 rings (SSSR count). The minimum Gasteiger partial charge on any atom is -0.378 e. The number of aldehydes is 1. The molecule has 0 radical (unpaired) electrons. The second-order valence-electron chi connectivity index (χ2n) is 7.39. The number of hydrogen-bond acceptors (Lipinski definition) is 4. The van der Waals surface area contributed by atoms with Crippen molar-refractivity contribution < 1.29 is 9.53 Å². The van der Waals surface area contributed by atoms with Gasteiger partial charge in [-0.05, 0) is 43.8 Å². The zero-order valence-corrected chi connectivity index (χ0v) is 16.6. The van der Waals surface area contributed by atoms with Gasteiger partial charge in [0.2, 0.25) is 0 Å². The molecule has 1 aliphatic rings. The third-order valence-electron chi connectivity index (χ3n) is 5.84. The van der Waals surface area contributed by atoms with Crippen molar-refractivity contribution in [3.05, 3.63) is 65.7 Å². The SMILES string of the molecule is CCC(C=O)(C(c1ccccc1)c1ccc(N2CCOCC2)cc1)N(C)C. The minimum absolute atomic E-state index is 0.0186. The average molecular weight is 367 g/mol. The van der Waals surface area contributed by atoms with E-state index in [4.69, 9.17) is 4.74 Å². The second-order valence-corrected chi connectivity index (χ2v) is 7.39. The van der Waals surface area contributed by atoms with Crippen molar-refractivity contribution in [3.63, 3.8) is 0 Å². The molecule has 0 bridgehead atoms. The zero-order chi connectivity index (χ0) is 19.3. The van der Waals surface area contributed by atoms with Crippen LogP contribution in [0.1, 0.15) is 30.4 Å². The third-order valence-corrected chi connectivity index (χ3v) is 5.84. The highest BCUT2D eigenvalue weighted by molar-refractivity contribution is 5.69. The Labute approximate surface area is 162 Å². The molecule has 27 heavy (non-hydrogen) atoms. The Bertz CT molecular complexity index is 724. The Balaban J connectivity index is 2.01. The summed E-state index contributed by atoms with van der Waals surface area (Å²) in [5.41, 5.74) is 2.97. The first-order chi connectivity index (χ1) is 13.1. The molecule has 0 N–H and O–H groups in total. The molecule has 0 amide bonds. The van der Waals surface area contributed by atoms with Crippen molar-refractivity contribution in [2.24, 2.45) is 0 Å². The lowest BCUT2D eigenvalue weighted by Gasteiger charge is -2.42. The van der Waals surface area contributed by atoms with E-state index in [9.17, 15) is 4.79 Å². The number of ether oxygens (including phenoxy) is 1. The predicted octanol–water partition coefficient (Wildman–Crippen LogP) is 3.56. The smallest absolute Gasteiger partial charge is 0.141 e. The van der Waals surface area contributed by atoms with Crippen LogP contribution in [0.25, 0.3) is 0 Å². The topological polar surface area (TPSA) is 32.8 Å². The van der Waals surface area contributed by atoms with Crippen molar-refractivity contribution >= 4 is 12.0 Å². The summed E-state index contributed by atoms with van der Waals surface area (Å²) in [5, 5.41) is 0. The van der Waals surface area contributed by atoms with E-state index in [0.29, 0.717) is 0 Å². The summed E-state index contributed by atoms with van der Waals surface area (Å²) in [6.07, 6.45) is 1.87. The van der Waals surface area contributed by atoms with Crippen LogP contribution in [0, 0.1) is 0 Å². The Hall–Kier alpha value is -2.17. The molecule has 2 atom stereocenters. The standard InChI is InChI=1S/C23H30N2O2/c1-4-23(18-26,24(2)3)22(19-8-6-5-7-9-19)20-10-12-21(13-11-20)25-14-16-27-17-15-25/h5-13,18,22H,4,14-17H2,1-3H3. The van der Waals surface area contributed by atoms with Gasteiger partial charge in [-0.15, -0.1) is 0 Å². The molecule has 1 saturated heterocycles. The molecular weight excluding hydrogens is 336 g/mol. The van der Waals surface area contributed by atoms with Crippen LogP contribution in [-0.2, 0) is 9.53 Å². The van der Waals surface area contributed by atoms with Crippen molar-refractivity contribution in [2.45, 2.75) is 24.8 Å². The van der Waals surface area contributed by atoms with Crippen LogP contribution in [0.2, 0.25) is 0 Å². The summed E-state index contributed by atoms with van der Waals surface area (Å²) < 4.78 is 5.46. The first kappa shape index (κ1) is 19.6. The van der Waals surface area contributed by atoms with Gasteiger partial charge in [0.25, 0.3) is 0 Å². The van der Waals surface area contributed by atoms with Crippen LogP contribution < -0.4 is 4.90 Å². The van der Waals surface area contributed by atoms with Gasteiger partial charge in [0.05, 0.1) is 18.8 Å². The van der Waals surface area contributed by atoms with Crippen LogP contribution in [-0.4, -0.2) is 57.1 Å². The van der Waals surface area contributed by atoms with Gasteiger partial charge in [-0.2, -0.15) is 0 Å². The molecule has 0 aliphatic carbocycles. The van der Waals surface area contributed by atoms with Gasteiger partial charge in [-0.25, -0.2) is 0 Å². The van der Waals surface area contributed by atoms with Gasteiger partial charge in [-0.3, -0.25) is 4.90 Å². The zero-order valence-electron chi connectivity index (χ0n) is 16.6. The van der Waals surface area contributed by atoms with Gasteiger partial charge in [0.1, 0.15) is 6.29 Å². The lowest BCUT2D eigenvalue weighted by Crippen LogP contribution is -2.50. The summed E-state index contributed by atoms with van der Waals surface area (Å²) in [4.78, 5) is 16.8. The van der Waals surface area contributed by atoms with Crippen molar-refractivity contribution in [2.75, 3.05) is 45.3 Å². The van der Waals surface area contributed by atoms with Crippen LogP contribution in [0.3, 0.4) is 0 Å². The normalized spacial score (nSPS) is 18.1. The number of morpholine rings is 1. The van der Waals surface area contributed by atoms with Gasteiger partial charge in [-0.1, -0.05) is 49.4 Å². The fraction of sp³-hybridized carbons (Fsp3) is 0.435. The van der Waals surface area contributed by atoms with Crippen molar-refractivity contribution in [3.8, 4) is 0 Å². The molecule has 2 aromatic carbocycles. The Morgan fingerprint density at radius 3 is 2.15 bits per heavy atom. The molecular formula is C23H30N2O2. The number of nitrogens with zero attached hydrogens (tertiary/aromatic N) is 2.